The fourth-order valence-electron chi connectivity index (χ4n) is 2.45. The van der Waals surface area contributed by atoms with Gasteiger partial charge in [0.25, 0.3) is 11.8 Å². The van der Waals surface area contributed by atoms with Gasteiger partial charge >= 0.3 is 0 Å². The lowest BCUT2D eigenvalue weighted by atomic mass is 10.1. The highest BCUT2D eigenvalue weighted by molar-refractivity contribution is 7.80. The van der Waals surface area contributed by atoms with Gasteiger partial charge in [-0.25, -0.2) is 0 Å². The van der Waals surface area contributed by atoms with Crippen LogP contribution in [0, 0.1) is 5.92 Å². The summed E-state index contributed by atoms with van der Waals surface area (Å²) in [5, 5.41) is 8.45. The van der Waals surface area contributed by atoms with Gasteiger partial charge in [-0.05, 0) is 73.9 Å². The molecule has 0 aliphatic heterocycles. The van der Waals surface area contributed by atoms with E-state index in [4.69, 9.17) is 17.0 Å². The van der Waals surface area contributed by atoms with Gasteiger partial charge in [0, 0.05) is 23.4 Å². The fraction of sp³-hybridized carbons (Fsp3) is 0.318. The highest BCUT2D eigenvalue weighted by Crippen LogP contribution is 2.14. The Kier molecular flexibility index (Phi) is 8.61. The molecule has 2 rings (SSSR count). The SMILES string of the molecule is CCNC(=O)c1cccc(NC(=S)NC(=O)c2ccc(OCCC(C)C)cc2)c1. The van der Waals surface area contributed by atoms with E-state index in [1.807, 2.05) is 6.92 Å². The second kappa shape index (κ2) is 11.2. The predicted molar refractivity (Wildman–Crippen MR) is 120 cm³/mol. The molecule has 0 heterocycles. The molecule has 0 unspecified atom stereocenters. The first kappa shape index (κ1) is 22.4. The number of hydrogen-bond donors (Lipinski definition) is 3. The van der Waals surface area contributed by atoms with Crippen LogP contribution in [0.15, 0.2) is 48.5 Å². The van der Waals surface area contributed by atoms with Crippen LogP contribution >= 0.6 is 12.2 Å². The average Bonchev–Trinajstić information content (AvgIpc) is 2.68. The third-order valence-electron chi connectivity index (χ3n) is 4.03. The molecule has 0 aliphatic carbocycles. The molecule has 0 spiro atoms. The number of ether oxygens (including phenoxy) is 1. The number of hydrogen-bond acceptors (Lipinski definition) is 4. The van der Waals surface area contributed by atoms with Crippen LogP contribution in [0.4, 0.5) is 5.69 Å². The number of carbonyl (C=O) groups is 2. The van der Waals surface area contributed by atoms with Gasteiger partial charge < -0.3 is 15.4 Å². The van der Waals surface area contributed by atoms with Crippen LogP contribution in [0.3, 0.4) is 0 Å². The minimum absolute atomic E-state index is 0.153. The predicted octanol–water partition coefficient (Wildman–Crippen LogP) is 3.99. The number of benzene rings is 2. The van der Waals surface area contributed by atoms with Crippen molar-refractivity contribution in [3.63, 3.8) is 0 Å². The summed E-state index contributed by atoms with van der Waals surface area (Å²) in [6, 6.07) is 13.8. The number of thiocarbonyl (C=S) groups is 1. The second-order valence-electron chi connectivity index (χ2n) is 6.90. The molecule has 0 aliphatic rings. The smallest absolute Gasteiger partial charge is 0.257 e. The Morgan fingerprint density at radius 2 is 1.76 bits per heavy atom. The lowest BCUT2D eigenvalue weighted by molar-refractivity contribution is 0.0953. The second-order valence-corrected chi connectivity index (χ2v) is 7.31. The number of nitrogens with one attached hydrogen (secondary N) is 3. The maximum absolute atomic E-state index is 12.4. The average molecular weight is 414 g/mol. The minimum Gasteiger partial charge on any atom is -0.494 e. The summed E-state index contributed by atoms with van der Waals surface area (Å²) in [5.74, 6) is 0.818. The summed E-state index contributed by atoms with van der Waals surface area (Å²) in [4.78, 5) is 24.3. The van der Waals surface area contributed by atoms with Gasteiger partial charge in [0.2, 0.25) is 0 Å². The molecule has 6 nitrogen and oxygen atoms in total. The lowest BCUT2D eigenvalue weighted by Gasteiger charge is -2.11. The van der Waals surface area contributed by atoms with Crippen molar-refractivity contribution >= 4 is 34.8 Å². The molecule has 2 aromatic rings. The maximum atomic E-state index is 12.4. The van der Waals surface area contributed by atoms with E-state index in [9.17, 15) is 9.59 Å². The van der Waals surface area contributed by atoms with Crippen molar-refractivity contribution in [1.29, 1.82) is 0 Å². The molecule has 0 saturated carbocycles. The van der Waals surface area contributed by atoms with Crippen LogP contribution in [0.5, 0.6) is 5.75 Å². The quantitative estimate of drug-likeness (QED) is 0.571. The number of rotatable bonds is 8. The van der Waals surface area contributed by atoms with Crippen LogP contribution in [0.2, 0.25) is 0 Å². The minimum atomic E-state index is -0.323. The van der Waals surface area contributed by atoms with Crippen molar-refractivity contribution in [2.24, 2.45) is 5.92 Å². The van der Waals surface area contributed by atoms with Crippen LogP contribution in [0.1, 0.15) is 47.9 Å². The van der Waals surface area contributed by atoms with Gasteiger partial charge in [-0.3, -0.25) is 14.9 Å². The third kappa shape index (κ3) is 7.54. The van der Waals surface area contributed by atoms with Crippen molar-refractivity contribution in [1.82, 2.24) is 10.6 Å². The van der Waals surface area contributed by atoms with Gasteiger partial charge in [-0.2, -0.15) is 0 Å². The zero-order chi connectivity index (χ0) is 21.2. The molecule has 0 saturated heterocycles. The van der Waals surface area contributed by atoms with E-state index < -0.39 is 0 Å². The molecule has 154 valence electrons. The van der Waals surface area contributed by atoms with Crippen molar-refractivity contribution in [2.45, 2.75) is 27.2 Å². The molecule has 0 radical (unpaired) electrons. The number of amides is 2. The van der Waals surface area contributed by atoms with Crippen molar-refractivity contribution in [3.8, 4) is 5.75 Å². The molecule has 29 heavy (non-hydrogen) atoms. The molecular weight excluding hydrogens is 386 g/mol. The van der Waals surface area contributed by atoms with Crippen LogP contribution < -0.4 is 20.7 Å². The monoisotopic (exact) mass is 413 g/mol. The van der Waals surface area contributed by atoms with E-state index in [2.05, 4.69) is 29.8 Å². The van der Waals surface area contributed by atoms with E-state index in [1.54, 1.807) is 48.5 Å². The molecule has 2 amide bonds. The zero-order valence-corrected chi connectivity index (χ0v) is 17.8. The maximum Gasteiger partial charge on any atom is 0.257 e. The summed E-state index contributed by atoms with van der Waals surface area (Å²) >= 11 is 5.21. The molecule has 2 aromatic carbocycles. The Labute approximate surface area is 177 Å². The lowest BCUT2D eigenvalue weighted by Crippen LogP contribution is -2.34. The Balaban J connectivity index is 1.89. The summed E-state index contributed by atoms with van der Waals surface area (Å²) in [6.45, 7) is 7.34. The Bertz CT molecular complexity index is 851. The first-order chi connectivity index (χ1) is 13.9. The van der Waals surface area contributed by atoms with Gasteiger partial charge in [0.1, 0.15) is 5.75 Å². The highest BCUT2D eigenvalue weighted by atomic mass is 32.1. The molecule has 0 aromatic heterocycles. The van der Waals surface area contributed by atoms with Crippen molar-refractivity contribution < 1.29 is 14.3 Å². The van der Waals surface area contributed by atoms with Crippen LogP contribution in [-0.2, 0) is 0 Å². The summed E-state index contributed by atoms with van der Waals surface area (Å²) in [6.07, 6.45) is 0.976. The molecule has 3 N–H and O–H groups in total. The summed E-state index contributed by atoms with van der Waals surface area (Å²) < 4.78 is 5.66. The summed E-state index contributed by atoms with van der Waals surface area (Å²) in [5.41, 5.74) is 1.61. The number of carbonyl (C=O) groups excluding carboxylic acids is 2. The van der Waals surface area contributed by atoms with E-state index in [1.165, 1.54) is 0 Å². The fourth-order valence-corrected chi connectivity index (χ4v) is 2.66. The van der Waals surface area contributed by atoms with E-state index >= 15 is 0 Å². The number of anilines is 1. The first-order valence-electron chi connectivity index (χ1n) is 9.62. The van der Waals surface area contributed by atoms with E-state index in [0.29, 0.717) is 35.9 Å². The standard InChI is InChI=1S/C22H27N3O3S/c1-4-23-20(26)17-6-5-7-18(14-17)24-22(29)25-21(27)16-8-10-19(11-9-16)28-13-12-15(2)3/h5-11,14-15H,4,12-13H2,1-3H3,(H,23,26)(H2,24,25,27,29). The van der Waals surface area contributed by atoms with Gasteiger partial charge in [-0.15, -0.1) is 0 Å². The normalized spacial score (nSPS) is 10.3. The largest absolute Gasteiger partial charge is 0.494 e. The van der Waals surface area contributed by atoms with E-state index in [-0.39, 0.29) is 16.9 Å². The zero-order valence-electron chi connectivity index (χ0n) is 17.0. The topological polar surface area (TPSA) is 79.5 Å². The van der Waals surface area contributed by atoms with Gasteiger partial charge in [0.05, 0.1) is 6.61 Å². The molecule has 0 bridgehead atoms. The third-order valence-corrected chi connectivity index (χ3v) is 4.23. The summed E-state index contributed by atoms with van der Waals surface area (Å²) in [7, 11) is 0. The highest BCUT2D eigenvalue weighted by Gasteiger charge is 2.10. The Morgan fingerprint density at radius 3 is 2.41 bits per heavy atom. The Morgan fingerprint density at radius 1 is 1.03 bits per heavy atom. The van der Waals surface area contributed by atoms with Gasteiger partial charge in [-0.1, -0.05) is 19.9 Å². The molecule has 0 fully saturated rings. The first-order valence-corrected chi connectivity index (χ1v) is 10.0. The van der Waals surface area contributed by atoms with E-state index in [0.717, 1.165) is 12.2 Å². The molecular formula is C22H27N3O3S. The Hall–Kier alpha value is -2.93. The van der Waals surface area contributed by atoms with Crippen LogP contribution in [-0.4, -0.2) is 30.1 Å². The van der Waals surface area contributed by atoms with Crippen molar-refractivity contribution in [2.75, 3.05) is 18.5 Å². The molecule has 7 heteroatoms. The van der Waals surface area contributed by atoms with Gasteiger partial charge in [0.15, 0.2) is 5.11 Å². The molecule has 0 atom stereocenters. The van der Waals surface area contributed by atoms with Crippen molar-refractivity contribution in [3.05, 3.63) is 59.7 Å². The van der Waals surface area contributed by atoms with Crippen LogP contribution in [0.25, 0.3) is 0 Å².